The molecule has 23 heavy (non-hydrogen) atoms. The molecule has 0 atom stereocenters. The number of anilines is 2. The highest BCUT2D eigenvalue weighted by Gasteiger charge is 2.10. The van der Waals surface area contributed by atoms with Crippen LogP contribution in [-0.2, 0) is 6.42 Å². The van der Waals surface area contributed by atoms with Crippen molar-refractivity contribution < 1.29 is 4.79 Å². The zero-order valence-electron chi connectivity index (χ0n) is 14.2. The summed E-state index contributed by atoms with van der Waals surface area (Å²) < 4.78 is 0. The Hall–Kier alpha value is -2.36. The van der Waals surface area contributed by atoms with E-state index in [1.165, 1.54) is 0 Å². The van der Waals surface area contributed by atoms with E-state index in [4.69, 9.17) is 0 Å². The lowest BCUT2D eigenvalue weighted by Gasteiger charge is -2.17. The molecule has 4 heteroatoms. The molecule has 0 saturated heterocycles. The van der Waals surface area contributed by atoms with Crippen molar-refractivity contribution in [3.05, 3.63) is 53.7 Å². The molecule has 0 radical (unpaired) electrons. The van der Waals surface area contributed by atoms with Gasteiger partial charge in [-0.2, -0.15) is 0 Å². The Kier molecular flexibility index (Phi) is 6.15. The number of pyridine rings is 1. The zero-order valence-corrected chi connectivity index (χ0v) is 14.2. The van der Waals surface area contributed by atoms with Crippen LogP contribution < -0.4 is 10.2 Å². The van der Waals surface area contributed by atoms with Crippen LogP contribution in [0, 0.1) is 0 Å². The molecule has 0 bridgehead atoms. The van der Waals surface area contributed by atoms with E-state index in [1.807, 2.05) is 43.4 Å². The molecule has 122 valence electrons. The molecular weight excluding hydrogens is 286 g/mol. The SMILES string of the molecule is CCCCN(C)c1ccc(C(=O)Nc2ccccc2CC)cn1. The number of benzene rings is 1. The number of hydrogen-bond acceptors (Lipinski definition) is 3. The van der Waals surface area contributed by atoms with Gasteiger partial charge in [0.05, 0.1) is 5.56 Å². The van der Waals surface area contributed by atoms with Gasteiger partial charge in [-0.25, -0.2) is 4.98 Å². The van der Waals surface area contributed by atoms with Gasteiger partial charge in [0.1, 0.15) is 5.82 Å². The molecule has 2 rings (SSSR count). The Balaban J connectivity index is 2.05. The van der Waals surface area contributed by atoms with E-state index in [2.05, 4.69) is 29.0 Å². The van der Waals surface area contributed by atoms with E-state index in [1.54, 1.807) is 6.20 Å². The van der Waals surface area contributed by atoms with E-state index < -0.39 is 0 Å². The molecule has 0 spiro atoms. The first-order chi connectivity index (χ1) is 11.2. The van der Waals surface area contributed by atoms with Crippen molar-refractivity contribution in [1.82, 2.24) is 4.98 Å². The number of hydrogen-bond donors (Lipinski definition) is 1. The van der Waals surface area contributed by atoms with Crippen LogP contribution in [0.1, 0.15) is 42.6 Å². The summed E-state index contributed by atoms with van der Waals surface area (Å²) in [6.07, 6.45) is 4.81. The van der Waals surface area contributed by atoms with Gasteiger partial charge in [-0.05, 0) is 36.6 Å². The second kappa shape index (κ2) is 8.32. The Bertz CT molecular complexity index is 637. The number of para-hydroxylation sites is 1. The van der Waals surface area contributed by atoms with Crippen molar-refractivity contribution in [2.75, 3.05) is 23.8 Å². The van der Waals surface area contributed by atoms with Crippen LogP contribution in [0.3, 0.4) is 0 Å². The fraction of sp³-hybridized carbons (Fsp3) is 0.368. The van der Waals surface area contributed by atoms with E-state index >= 15 is 0 Å². The number of rotatable bonds is 7. The number of unbranched alkanes of at least 4 members (excludes halogenated alkanes) is 1. The fourth-order valence-electron chi connectivity index (χ4n) is 2.40. The number of aryl methyl sites for hydroxylation is 1. The highest BCUT2D eigenvalue weighted by molar-refractivity contribution is 6.04. The average molecular weight is 311 g/mol. The van der Waals surface area contributed by atoms with Crippen LogP contribution in [0.5, 0.6) is 0 Å². The first-order valence-corrected chi connectivity index (χ1v) is 8.22. The maximum absolute atomic E-state index is 12.4. The van der Waals surface area contributed by atoms with Crippen LogP contribution in [0.25, 0.3) is 0 Å². The van der Waals surface area contributed by atoms with Gasteiger partial charge in [0.15, 0.2) is 0 Å². The molecule has 0 fully saturated rings. The monoisotopic (exact) mass is 311 g/mol. The summed E-state index contributed by atoms with van der Waals surface area (Å²) in [5.74, 6) is 0.769. The Labute approximate surface area is 138 Å². The number of aromatic nitrogens is 1. The first kappa shape index (κ1) is 17.0. The number of nitrogens with one attached hydrogen (secondary N) is 1. The van der Waals surface area contributed by atoms with E-state index in [0.717, 1.165) is 42.9 Å². The highest BCUT2D eigenvalue weighted by Crippen LogP contribution is 2.17. The molecule has 4 nitrogen and oxygen atoms in total. The molecule has 0 aliphatic carbocycles. The Morgan fingerprint density at radius 1 is 1.17 bits per heavy atom. The number of nitrogens with zero attached hydrogens (tertiary/aromatic N) is 2. The van der Waals surface area contributed by atoms with Gasteiger partial charge in [-0.1, -0.05) is 38.5 Å². The molecule has 0 unspecified atom stereocenters. The fourth-order valence-corrected chi connectivity index (χ4v) is 2.40. The third-order valence-electron chi connectivity index (χ3n) is 3.89. The Morgan fingerprint density at radius 2 is 1.96 bits per heavy atom. The van der Waals surface area contributed by atoms with Crippen molar-refractivity contribution in [3.8, 4) is 0 Å². The summed E-state index contributed by atoms with van der Waals surface area (Å²) in [6.45, 7) is 5.22. The molecule has 1 aromatic carbocycles. The molecule has 1 N–H and O–H groups in total. The number of amides is 1. The third kappa shape index (κ3) is 4.55. The Morgan fingerprint density at radius 3 is 2.61 bits per heavy atom. The standard InChI is InChI=1S/C19H25N3O/c1-4-6-13-22(3)18-12-11-16(14-20-18)19(23)21-17-10-8-7-9-15(17)5-2/h7-12,14H,4-6,13H2,1-3H3,(H,21,23). The number of carbonyl (C=O) groups is 1. The predicted molar refractivity (Wildman–Crippen MR) is 96.2 cm³/mol. The summed E-state index contributed by atoms with van der Waals surface area (Å²) in [7, 11) is 2.02. The van der Waals surface area contributed by atoms with Crippen molar-refractivity contribution >= 4 is 17.4 Å². The minimum absolute atomic E-state index is 0.124. The summed E-state index contributed by atoms with van der Waals surface area (Å²) in [5.41, 5.74) is 2.57. The van der Waals surface area contributed by atoms with Gasteiger partial charge >= 0.3 is 0 Å². The predicted octanol–water partition coefficient (Wildman–Crippen LogP) is 4.13. The molecule has 0 aliphatic rings. The maximum atomic E-state index is 12.4. The molecular formula is C19H25N3O. The molecule has 2 aromatic rings. The van der Waals surface area contributed by atoms with Crippen molar-refractivity contribution in [2.45, 2.75) is 33.1 Å². The topological polar surface area (TPSA) is 45.2 Å². The molecule has 1 amide bonds. The van der Waals surface area contributed by atoms with Crippen molar-refractivity contribution in [3.63, 3.8) is 0 Å². The van der Waals surface area contributed by atoms with Gasteiger partial charge in [0, 0.05) is 25.5 Å². The smallest absolute Gasteiger partial charge is 0.257 e. The van der Waals surface area contributed by atoms with Crippen LogP contribution in [0.15, 0.2) is 42.6 Å². The normalized spacial score (nSPS) is 10.4. The van der Waals surface area contributed by atoms with Crippen LogP contribution in [0.4, 0.5) is 11.5 Å². The minimum Gasteiger partial charge on any atom is -0.360 e. The third-order valence-corrected chi connectivity index (χ3v) is 3.89. The van der Waals surface area contributed by atoms with Crippen LogP contribution >= 0.6 is 0 Å². The minimum atomic E-state index is -0.124. The summed E-state index contributed by atoms with van der Waals surface area (Å²) in [4.78, 5) is 18.9. The average Bonchev–Trinajstić information content (AvgIpc) is 2.60. The largest absolute Gasteiger partial charge is 0.360 e. The first-order valence-electron chi connectivity index (χ1n) is 8.22. The van der Waals surface area contributed by atoms with E-state index in [0.29, 0.717) is 5.56 Å². The highest BCUT2D eigenvalue weighted by atomic mass is 16.1. The van der Waals surface area contributed by atoms with Gasteiger partial charge in [-0.3, -0.25) is 4.79 Å². The van der Waals surface area contributed by atoms with Crippen LogP contribution in [0.2, 0.25) is 0 Å². The molecule has 0 aliphatic heterocycles. The lowest BCUT2D eigenvalue weighted by Crippen LogP contribution is -2.20. The van der Waals surface area contributed by atoms with Gasteiger partial charge in [-0.15, -0.1) is 0 Å². The maximum Gasteiger partial charge on any atom is 0.257 e. The second-order valence-corrected chi connectivity index (χ2v) is 5.65. The summed E-state index contributed by atoms with van der Waals surface area (Å²) in [5, 5.41) is 2.97. The molecule has 1 heterocycles. The number of carbonyl (C=O) groups excluding carboxylic acids is 1. The van der Waals surface area contributed by atoms with Gasteiger partial charge in [0.25, 0.3) is 5.91 Å². The van der Waals surface area contributed by atoms with E-state index in [9.17, 15) is 4.79 Å². The lowest BCUT2D eigenvalue weighted by molar-refractivity contribution is 0.102. The van der Waals surface area contributed by atoms with Crippen molar-refractivity contribution in [2.24, 2.45) is 0 Å². The molecule has 0 saturated carbocycles. The van der Waals surface area contributed by atoms with Crippen molar-refractivity contribution in [1.29, 1.82) is 0 Å². The quantitative estimate of drug-likeness (QED) is 0.836. The van der Waals surface area contributed by atoms with Gasteiger partial charge < -0.3 is 10.2 Å². The summed E-state index contributed by atoms with van der Waals surface area (Å²) in [6, 6.07) is 11.6. The van der Waals surface area contributed by atoms with E-state index in [-0.39, 0.29) is 5.91 Å². The zero-order chi connectivity index (χ0) is 16.7. The van der Waals surface area contributed by atoms with Gasteiger partial charge in [0.2, 0.25) is 0 Å². The molecule has 1 aromatic heterocycles. The second-order valence-electron chi connectivity index (χ2n) is 5.65. The van der Waals surface area contributed by atoms with Crippen LogP contribution in [-0.4, -0.2) is 24.5 Å². The lowest BCUT2D eigenvalue weighted by atomic mass is 10.1. The summed E-state index contributed by atoms with van der Waals surface area (Å²) >= 11 is 0.